The van der Waals surface area contributed by atoms with Gasteiger partial charge < -0.3 is 5.11 Å². The summed E-state index contributed by atoms with van der Waals surface area (Å²) >= 11 is 0. The molecule has 0 aliphatic heterocycles. The minimum atomic E-state index is -1.07. The molecule has 1 heterocycles. The fraction of sp³-hybridized carbons (Fsp3) is 0.182. The van der Waals surface area contributed by atoms with E-state index >= 15 is 0 Å². The highest BCUT2D eigenvalue weighted by atomic mass is 16.4. The Hall–Kier alpha value is -2.17. The standard InChI is InChI=1S/C11H11N3O2/c1-7-3-4-10(8(2)5-7)14-12-6-9(13-14)11(15)16/h3-6H,1-2H3,(H,15,16). The molecule has 0 unspecified atom stereocenters. The van der Waals surface area contributed by atoms with Crippen molar-refractivity contribution in [3.63, 3.8) is 0 Å². The molecule has 0 radical (unpaired) electrons. The Kier molecular flexibility index (Phi) is 2.44. The molecule has 2 rings (SSSR count). The van der Waals surface area contributed by atoms with Crippen LogP contribution in [-0.2, 0) is 0 Å². The number of nitrogens with zero attached hydrogens (tertiary/aromatic N) is 3. The maximum absolute atomic E-state index is 10.7. The van der Waals surface area contributed by atoms with Gasteiger partial charge in [-0.2, -0.15) is 9.90 Å². The first-order chi connectivity index (χ1) is 7.58. The second-order valence-corrected chi connectivity index (χ2v) is 3.61. The molecule has 0 atom stereocenters. The van der Waals surface area contributed by atoms with Gasteiger partial charge in [0.05, 0.1) is 11.9 Å². The number of rotatable bonds is 2. The Balaban J connectivity index is 2.46. The van der Waals surface area contributed by atoms with Crippen LogP contribution < -0.4 is 0 Å². The van der Waals surface area contributed by atoms with Crippen molar-refractivity contribution in [2.75, 3.05) is 0 Å². The second-order valence-electron chi connectivity index (χ2n) is 3.61. The summed E-state index contributed by atoms with van der Waals surface area (Å²) < 4.78 is 0. The first kappa shape index (κ1) is 10.4. The first-order valence-corrected chi connectivity index (χ1v) is 4.81. The molecule has 1 aromatic carbocycles. The Morgan fingerprint density at radius 1 is 1.38 bits per heavy atom. The van der Waals surface area contributed by atoms with Crippen LogP contribution in [0.3, 0.4) is 0 Å². The summed E-state index contributed by atoms with van der Waals surface area (Å²) in [6.45, 7) is 3.93. The molecule has 0 fully saturated rings. The van der Waals surface area contributed by atoms with E-state index in [1.807, 2.05) is 32.0 Å². The molecule has 2 aromatic rings. The third kappa shape index (κ3) is 1.79. The summed E-state index contributed by atoms with van der Waals surface area (Å²) in [6, 6.07) is 5.81. The summed E-state index contributed by atoms with van der Waals surface area (Å²) in [5.41, 5.74) is 2.89. The van der Waals surface area contributed by atoms with Crippen LogP contribution in [0.25, 0.3) is 5.69 Å². The van der Waals surface area contributed by atoms with Gasteiger partial charge in [-0.3, -0.25) is 0 Å². The first-order valence-electron chi connectivity index (χ1n) is 4.81. The quantitative estimate of drug-likeness (QED) is 0.829. The second kappa shape index (κ2) is 3.77. The van der Waals surface area contributed by atoms with Gasteiger partial charge >= 0.3 is 5.97 Å². The highest BCUT2D eigenvalue weighted by Gasteiger charge is 2.10. The van der Waals surface area contributed by atoms with Gasteiger partial charge in [-0.15, -0.1) is 5.10 Å². The molecule has 0 bridgehead atoms. The van der Waals surface area contributed by atoms with Gasteiger partial charge in [-0.05, 0) is 25.5 Å². The van der Waals surface area contributed by atoms with Crippen LogP contribution in [0.15, 0.2) is 24.4 Å². The lowest BCUT2D eigenvalue weighted by Gasteiger charge is -2.04. The van der Waals surface area contributed by atoms with Gasteiger partial charge in [-0.25, -0.2) is 4.79 Å². The van der Waals surface area contributed by atoms with Crippen LogP contribution in [0.5, 0.6) is 0 Å². The predicted octanol–water partition coefficient (Wildman–Crippen LogP) is 1.58. The Bertz CT molecular complexity index is 546. The van der Waals surface area contributed by atoms with E-state index in [0.29, 0.717) is 0 Å². The van der Waals surface area contributed by atoms with Crippen LogP contribution in [0.4, 0.5) is 0 Å². The molecule has 5 nitrogen and oxygen atoms in total. The number of aromatic nitrogens is 3. The average Bonchev–Trinajstić information content (AvgIpc) is 2.66. The van der Waals surface area contributed by atoms with E-state index in [9.17, 15) is 4.79 Å². The van der Waals surface area contributed by atoms with Crippen molar-refractivity contribution in [1.82, 2.24) is 15.0 Å². The zero-order valence-corrected chi connectivity index (χ0v) is 9.01. The molecular weight excluding hydrogens is 206 g/mol. The van der Waals surface area contributed by atoms with Gasteiger partial charge in [-0.1, -0.05) is 17.7 Å². The molecule has 0 saturated carbocycles. The predicted molar refractivity (Wildman–Crippen MR) is 57.8 cm³/mol. The number of hydrogen-bond acceptors (Lipinski definition) is 3. The average molecular weight is 217 g/mol. The summed E-state index contributed by atoms with van der Waals surface area (Å²) in [5.74, 6) is -1.07. The lowest BCUT2D eigenvalue weighted by molar-refractivity contribution is 0.0690. The molecule has 0 aliphatic rings. The number of carbonyl (C=O) groups is 1. The topological polar surface area (TPSA) is 68.0 Å². The van der Waals surface area contributed by atoms with E-state index in [-0.39, 0.29) is 5.69 Å². The summed E-state index contributed by atoms with van der Waals surface area (Å²) in [6.07, 6.45) is 1.24. The molecule has 1 N–H and O–H groups in total. The van der Waals surface area contributed by atoms with Crippen LogP contribution in [0.1, 0.15) is 21.6 Å². The van der Waals surface area contributed by atoms with Gasteiger partial charge in [0.2, 0.25) is 0 Å². The third-order valence-electron chi connectivity index (χ3n) is 2.28. The molecule has 82 valence electrons. The smallest absolute Gasteiger partial charge is 0.358 e. The van der Waals surface area contributed by atoms with Crippen molar-refractivity contribution in [2.45, 2.75) is 13.8 Å². The molecule has 0 aliphatic carbocycles. The Labute approximate surface area is 92.3 Å². The van der Waals surface area contributed by atoms with Crippen molar-refractivity contribution in [1.29, 1.82) is 0 Å². The van der Waals surface area contributed by atoms with Gasteiger partial charge in [0.15, 0.2) is 5.69 Å². The van der Waals surface area contributed by atoms with Crippen molar-refractivity contribution in [3.8, 4) is 5.69 Å². The highest BCUT2D eigenvalue weighted by molar-refractivity contribution is 5.84. The van der Waals surface area contributed by atoms with Crippen LogP contribution >= 0.6 is 0 Å². The molecule has 0 amide bonds. The lowest BCUT2D eigenvalue weighted by atomic mass is 10.1. The maximum atomic E-state index is 10.7. The third-order valence-corrected chi connectivity index (χ3v) is 2.28. The van der Waals surface area contributed by atoms with E-state index in [1.165, 1.54) is 11.0 Å². The van der Waals surface area contributed by atoms with Gasteiger partial charge in [0, 0.05) is 0 Å². The molecule has 16 heavy (non-hydrogen) atoms. The van der Waals surface area contributed by atoms with E-state index in [1.54, 1.807) is 0 Å². The van der Waals surface area contributed by atoms with E-state index in [4.69, 9.17) is 5.11 Å². The Morgan fingerprint density at radius 3 is 2.69 bits per heavy atom. The number of aromatic carboxylic acids is 1. The number of carboxylic acid groups (broad SMARTS) is 1. The van der Waals surface area contributed by atoms with Crippen LogP contribution in [-0.4, -0.2) is 26.1 Å². The zero-order valence-electron chi connectivity index (χ0n) is 9.01. The van der Waals surface area contributed by atoms with Crippen molar-refractivity contribution in [2.24, 2.45) is 0 Å². The number of aryl methyl sites for hydroxylation is 2. The summed E-state index contributed by atoms with van der Waals surface area (Å²) in [4.78, 5) is 12.0. The molecule has 0 spiro atoms. The highest BCUT2D eigenvalue weighted by Crippen LogP contribution is 2.13. The van der Waals surface area contributed by atoms with Crippen molar-refractivity contribution < 1.29 is 9.90 Å². The normalized spacial score (nSPS) is 10.4. The molecular formula is C11H11N3O2. The molecule has 1 aromatic heterocycles. The molecule has 0 saturated heterocycles. The van der Waals surface area contributed by atoms with Gasteiger partial charge in [0.25, 0.3) is 0 Å². The van der Waals surface area contributed by atoms with Crippen molar-refractivity contribution >= 4 is 5.97 Å². The fourth-order valence-corrected chi connectivity index (χ4v) is 1.51. The minimum absolute atomic E-state index is 0.0556. The minimum Gasteiger partial charge on any atom is -0.476 e. The number of carboxylic acids is 1. The SMILES string of the molecule is Cc1ccc(-n2ncc(C(=O)O)n2)c(C)c1. The monoisotopic (exact) mass is 217 g/mol. The lowest BCUT2D eigenvalue weighted by Crippen LogP contribution is -2.03. The Morgan fingerprint density at radius 2 is 2.12 bits per heavy atom. The van der Waals surface area contributed by atoms with Crippen LogP contribution in [0, 0.1) is 13.8 Å². The zero-order chi connectivity index (χ0) is 11.7. The van der Waals surface area contributed by atoms with Crippen LogP contribution in [0.2, 0.25) is 0 Å². The van der Waals surface area contributed by atoms with E-state index in [0.717, 1.165) is 16.8 Å². The molecule has 5 heteroatoms. The number of hydrogen-bond donors (Lipinski definition) is 1. The van der Waals surface area contributed by atoms with E-state index in [2.05, 4.69) is 10.2 Å². The summed E-state index contributed by atoms with van der Waals surface area (Å²) in [7, 11) is 0. The van der Waals surface area contributed by atoms with E-state index < -0.39 is 5.97 Å². The van der Waals surface area contributed by atoms with Gasteiger partial charge in [0.1, 0.15) is 0 Å². The largest absolute Gasteiger partial charge is 0.476 e. The summed E-state index contributed by atoms with van der Waals surface area (Å²) in [5, 5.41) is 16.5. The fourth-order valence-electron chi connectivity index (χ4n) is 1.51. The maximum Gasteiger partial charge on any atom is 0.358 e. The number of benzene rings is 1. The van der Waals surface area contributed by atoms with Crippen molar-refractivity contribution in [3.05, 3.63) is 41.2 Å².